The van der Waals surface area contributed by atoms with Gasteiger partial charge in [0.15, 0.2) is 5.65 Å². The van der Waals surface area contributed by atoms with Crippen molar-refractivity contribution in [3.63, 3.8) is 0 Å². The number of nitrogens with zero attached hydrogens (tertiary/aromatic N) is 4. The monoisotopic (exact) mass is 205 g/mol. The third-order valence-electron chi connectivity index (χ3n) is 2.34. The van der Waals surface area contributed by atoms with Crippen molar-refractivity contribution in [3.05, 3.63) is 24.4 Å². The molecule has 2 aromatic rings. The quantitative estimate of drug-likeness (QED) is 0.801. The van der Waals surface area contributed by atoms with Crippen LogP contribution in [0.4, 0.5) is 0 Å². The summed E-state index contributed by atoms with van der Waals surface area (Å²) in [4.78, 5) is 3.99. The third kappa shape index (κ3) is 2.30. The van der Waals surface area contributed by atoms with Gasteiger partial charge in [-0.3, -0.25) is 9.38 Å². The minimum Gasteiger partial charge on any atom is -0.328 e. The lowest BCUT2D eigenvalue weighted by Crippen LogP contribution is -2.14. The van der Waals surface area contributed by atoms with Crippen LogP contribution in [0.2, 0.25) is 0 Å². The number of fused-ring (bicyclic) bond motifs is 1. The SMILES string of the molecule is CC(N)CCCc1nnc2cnccn12. The maximum absolute atomic E-state index is 5.69. The molecule has 0 bridgehead atoms. The molecule has 0 saturated heterocycles. The van der Waals surface area contributed by atoms with Crippen molar-refractivity contribution in [2.45, 2.75) is 32.2 Å². The Morgan fingerprint density at radius 2 is 2.33 bits per heavy atom. The van der Waals surface area contributed by atoms with Gasteiger partial charge in [0.1, 0.15) is 5.82 Å². The van der Waals surface area contributed by atoms with Gasteiger partial charge in [-0.1, -0.05) is 0 Å². The molecule has 80 valence electrons. The molecule has 0 spiro atoms. The third-order valence-corrected chi connectivity index (χ3v) is 2.34. The summed E-state index contributed by atoms with van der Waals surface area (Å²) in [5.74, 6) is 0.980. The zero-order valence-corrected chi connectivity index (χ0v) is 8.80. The predicted molar refractivity (Wildman–Crippen MR) is 57.4 cm³/mol. The summed E-state index contributed by atoms with van der Waals surface area (Å²) in [5, 5.41) is 8.16. The second-order valence-electron chi connectivity index (χ2n) is 3.79. The average molecular weight is 205 g/mol. The minimum absolute atomic E-state index is 0.255. The van der Waals surface area contributed by atoms with Gasteiger partial charge in [0.05, 0.1) is 6.20 Å². The van der Waals surface area contributed by atoms with E-state index in [9.17, 15) is 0 Å². The van der Waals surface area contributed by atoms with Crippen LogP contribution in [0.5, 0.6) is 0 Å². The fraction of sp³-hybridized carbons (Fsp3) is 0.500. The van der Waals surface area contributed by atoms with E-state index < -0.39 is 0 Å². The van der Waals surface area contributed by atoms with Gasteiger partial charge in [0.25, 0.3) is 0 Å². The molecule has 15 heavy (non-hydrogen) atoms. The molecule has 2 heterocycles. The van der Waals surface area contributed by atoms with E-state index in [1.807, 2.05) is 17.5 Å². The molecule has 0 aliphatic rings. The highest BCUT2D eigenvalue weighted by Crippen LogP contribution is 2.05. The van der Waals surface area contributed by atoms with Crippen LogP contribution in [0.25, 0.3) is 5.65 Å². The van der Waals surface area contributed by atoms with Gasteiger partial charge in [-0.2, -0.15) is 0 Å². The first-order chi connectivity index (χ1) is 7.27. The average Bonchev–Trinajstić information content (AvgIpc) is 2.62. The fourth-order valence-electron chi connectivity index (χ4n) is 1.56. The molecule has 5 nitrogen and oxygen atoms in total. The van der Waals surface area contributed by atoms with Gasteiger partial charge in [-0.25, -0.2) is 0 Å². The highest BCUT2D eigenvalue weighted by Gasteiger charge is 2.04. The molecule has 1 unspecified atom stereocenters. The molecule has 2 rings (SSSR count). The molecule has 0 aromatic carbocycles. The Morgan fingerprint density at radius 3 is 3.13 bits per heavy atom. The summed E-state index contributed by atoms with van der Waals surface area (Å²) in [6, 6.07) is 0.255. The maximum Gasteiger partial charge on any atom is 0.179 e. The molecule has 0 saturated carbocycles. The smallest absolute Gasteiger partial charge is 0.179 e. The van der Waals surface area contributed by atoms with Gasteiger partial charge in [-0.05, 0) is 19.8 Å². The van der Waals surface area contributed by atoms with E-state index in [0.29, 0.717) is 0 Å². The van der Waals surface area contributed by atoms with Crippen LogP contribution >= 0.6 is 0 Å². The molecule has 0 fully saturated rings. The van der Waals surface area contributed by atoms with Crippen molar-refractivity contribution in [2.24, 2.45) is 5.73 Å². The molecule has 0 radical (unpaired) electrons. The van der Waals surface area contributed by atoms with E-state index in [4.69, 9.17) is 5.73 Å². The minimum atomic E-state index is 0.255. The first-order valence-corrected chi connectivity index (χ1v) is 5.16. The molecular formula is C10H15N5. The molecule has 5 heteroatoms. The van der Waals surface area contributed by atoms with Crippen molar-refractivity contribution in [2.75, 3.05) is 0 Å². The van der Waals surface area contributed by atoms with E-state index in [0.717, 1.165) is 30.7 Å². The molecule has 2 N–H and O–H groups in total. The van der Waals surface area contributed by atoms with Crippen molar-refractivity contribution in [3.8, 4) is 0 Å². The van der Waals surface area contributed by atoms with Crippen molar-refractivity contribution in [1.82, 2.24) is 19.6 Å². The highest BCUT2D eigenvalue weighted by atomic mass is 15.2. The summed E-state index contributed by atoms with van der Waals surface area (Å²) in [6.07, 6.45) is 8.30. The zero-order chi connectivity index (χ0) is 10.7. The van der Waals surface area contributed by atoms with E-state index in [-0.39, 0.29) is 6.04 Å². The van der Waals surface area contributed by atoms with Crippen molar-refractivity contribution >= 4 is 5.65 Å². The summed E-state index contributed by atoms with van der Waals surface area (Å²) in [7, 11) is 0. The number of rotatable bonds is 4. The lowest BCUT2D eigenvalue weighted by Gasteiger charge is -2.03. The number of hydrogen-bond donors (Lipinski definition) is 1. The Morgan fingerprint density at radius 1 is 1.47 bits per heavy atom. The Kier molecular flexibility index (Phi) is 2.91. The maximum atomic E-state index is 5.69. The van der Waals surface area contributed by atoms with Gasteiger partial charge >= 0.3 is 0 Å². The second-order valence-corrected chi connectivity index (χ2v) is 3.79. The van der Waals surface area contributed by atoms with E-state index in [1.54, 1.807) is 12.4 Å². The van der Waals surface area contributed by atoms with Crippen LogP contribution in [0.15, 0.2) is 18.6 Å². The summed E-state index contributed by atoms with van der Waals surface area (Å²) in [6.45, 7) is 2.02. The van der Waals surface area contributed by atoms with Gasteiger partial charge in [0.2, 0.25) is 0 Å². The Hall–Kier alpha value is -1.49. The Balaban J connectivity index is 2.08. The molecule has 0 aliphatic heterocycles. The number of aryl methyl sites for hydroxylation is 1. The van der Waals surface area contributed by atoms with Crippen LogP contribution in [0, 0.1) is 0 Å². The fourth-order valence-corrected chi connectivity index (χ4v) is 1.56. The van der Waals surface area contributed by atoms with Crippen molar-refractivity contribution < 1.29 is 0 Å². The molecule has 1 atom stereocenters. The van der Waals surface area contributed by atoms with Crippen LogP contribution < -0.4 is 5.73 Å². The summed E-state index contributed by atoms with van der Waals surface area (Å²) in [5.41, 5.74) is 6.49. The predicted octanol–water partition coefficient (Wildman–Crippen LogP) is 0.794. The van der Waals surface area contributed by atoms with Gasteiger partial charge in [-0.15, -0.1) is 10.2 Å². The van der Waals surface area contributed by atoms with E-state index in [2.05, 4.69) is 15.2 Å². The Labute approximate surface area is 88.3 Å². The summed E-state index contributed by atoms with van der Waals surface area (Å²) < 4.78 is 1.97. The molecule has 2 aromatic heterocycles. The lowest BCUT2D eigenvalue weighted by molar-refractivity contribution is 0.611. The highest BCUT2D eigenvalue weighted by molar-refractivity contribution is 5.33. The van der Waals surface area contributed by atoms with Gasteiger partial charge < -0.3 is 5.73 Å². The first kappa shape index (κ1) is 10.0. The zero-order valence-electron chi connectivity index (χ0n) is 8.80. The number of nitrogens with two attached hydrogens (primary N) is 1. The number of hydrogen-bond acceptors (Lipinski definition) is 4. The number of aromatic nitrogens is 4. The first-order valence-electron chi connectivity index (χ1n) is 5.16. The molecular weight excluding hydrogens is 190 g/mol. The standard InChI is InChI=1S/C10H15N5/c1-8(11)3-2-4-9-13-14-10-7-12-5-6-15(9)10/h5-8H,2-4,11H2,1H3. The van der Waals surface area contributed by atoms with Gasteiger partial charge in [0, 0.05) is 24.9 Å². The topological polar surface area (TPSA) is 69.1 Å². The van der Waals surface area contributed by atoms with E-state index >= 15 is 0 Å². The normalized spacial score (nSPS) is 13.2. The van der Waals surface area contributed by atoms with Crippen LogP contribution in [-0.2, 0) is 6.42 Å². The summed E-state index contributed by atoms with van der Waals surface area (Å²) >= 11 is 0. The molecule has 0 aliphatic carbocycles. The Bertz CT molecular complexity index is 434. The lowest BCUT2D eigenvalue weighted by atomic mass is 10.1. The largest absolute Gasteiger partial charge is 0.328 e. The van der Waals surface area contributed by atoms with Crippen LogP contribution in [-0.4, -0.2) is 25.6 Å². The molecule has 0 amide bonds. The van der Waals surface area contributed by atoms with Crippen molar-refractivity contribution in [1.29, 1.82) is 0 Å². The second kappa shape index (κ2) is 4.35. The van der Waals surface area contributed by atoms with Crippen LogP contribution in [0.1, 0.15) is 25.6 Å². The van der Waals surface area contributed by atoms with E-state index in [1.165, 1.54) is 0 Å². The van der Waals surface area contributed by atoms with Crippen LogP contribution in [0.3, 0.4) is 0 Å².